The van der Waals surface area contributed by atoms with Gasteiger partial charge in [-0.15, -0.1) is 0 Å². The van der Waals surface area contributed by atoms with Crippen molar-refractivity contribution in [1.82, 2.24) is 19.2 Å². The van der Waals surface area contributed by atoms with Gasteiger partial charge in [-0.05, 0) is 36.9 Å². The highest BCUT2D eigenvalue weighted by Gasteiger charge is 2.34. The lowest BCUT2D eigenvalue weighted by atomic mass is 9.82. The van der Waals surface area contributed by atoms with Crippen LogP contribution in [0.2, 0.25) is 0 Å². The van der Waals surface area contributed by atoms with E-state index in [1.807, 2.05) is 11.7 Å². The van der Waals surface area contributed by atoms with Crippen LogP contribution in [-0.2, 0) is 20.3 Å². The van der Waals surface area contributed by atoms with Crippen molar-refractivity contribution in [3.63, 3.8) is 0 Å². The van der Waals surface area contributed by atoms with Crippen molar-refractivity contribution in [1.29, 1.82) is 0 Å². The van der Waals surface area contributed by atoms with Crippen molar-refractivity contribution in [2.24, 2.45) is 18.9 Å². The molecule has 3 rings (SSSR count). The van der Waals surface area contributed by atoms with Crippen molar-refractivity contribution in [2.45, 2.75) is 39.0 Å². The molecule has 1 aromatic heterocycles. The van der Waals surface area contributed by atoms with E-state index >= 15 is 0 Å². The predicted octanol–water partition coefficient (Wildman–Crippen LogP) is 1.52. The largest absolute Gasteiger partial charge is 0.388 e. The summed E-state index contributed by atoms with van der Waals surface area (Å²) in [6.45, 7) is 3.06. The first-order valence-corrected chi connectivity index (χ1v) is 7.56. The Morgan fingerprint density at radius 2 is 1.89 bits per heavy atom. The molecule has 2 fully saturated rings. The van der Waals surface area contributed by atoms with Gasteiger partial charge in [0.05, 0.1) is 6.67 Å². The molecule has 19 heavy (non-hydrogen) atoms. The van der Waals surface area contributed by atoms with Crippen LogP contribution in [0.1, 0.15) is 31.5 Å². The molecular weight excluding hydrogens is 260 g/mol. The van der Waals surface area contributed by atoms with Gasteiger partial charge in [0.1, 0.15) is 6.61 Å². The fraction of sp³-hybridized carbons (Fsp3) is 0.846. The molecule has 5 nitrogen and oxygen atoms in total. The lowest BCUT2D eigenvalue weighted by molar-refractivity contribution is 0.235. The number of aliphatic hydroxyl groups excluding tert-OH is 1. The quantitative estimate of drug-likeness (QED) is 0.854. The molecule has 2 unspecified atom stereocenters. The van der Waals surface area contributed by atoms with Gasteiger partial charge in [0, 0.05) is 20.1 Å². The van der Waals surface area contributed by atoms with Crippen LogP contribution in [0.3, 0.4) is 0 Å². The van der Waals surface area contributed by atoms with Crippen LogP contribution in [0.5, 0.6) is 0 Å². The third-order valence-corrected chi connectivity index (χ3v) is 5.14. The highest BCUT2D eigenvalue weighted by molar-refractivity contribution is 7.71. The Hall–Kier alpha value is -0.720. The zero-order chi connectivity index (χ0) is 13.4. The zero-order valence-electron chi connectivity index (χ0n) is 11.5. The third-order valence-electron chi connectivity index (χ3n) is 4.66. The molecule has 2 aliphatic rings. The Labute approximate surface area is 118 Å². The zero-order valence-corrected chi connectivity index (χ0v) is 12.3. The number of hydrogen-bond acceptors (Lipinski definition) is 4. The van der Waals surface area contributed by atoms with Gasteiger partial charge in [-0.2, -0.15) is 5.10 Å². The van der Waals surface area contributed by atoms with E-state index in [4.69, 9.17) is 12.2 Å². The van der Waals surface area contributed by atoms with E-state index in [1.54, 1.807) is 4.57 Å². The highest BCUT2D eigenvalue weighted by Crippen LogP contribution is 2.36. The van der Waals surface area contributed by atoms with Crippen molar-refractivity contribution in [2.75, 3.05) is 13.1 Å². The lowest BCUT2D eigenvalue weighted by Gasteiger charge is -2.23. The Kier molecular flexibility index (Phi) is 3.73. The van der Waals surface area contributed by atoms with Crippen LogP contribution in [0.15, 0.2) is 0 Å². The summed E-state index contributed by atoms with van der Waals surface area (Å²) in [5, 5.41) is 13.6. The normalized spacial score (nSPS) is 27.7. The summed E-state index contributed by atoms with van der Waals surface area (Å²) in [4.78, 5) is 2.46. The Balaban J connectivity index is 1.71. The smallest absolute Gasteiger partial charge is 0.198 e. The van der Waals surface area contributed by atoms with Gasteiger partial charge in [0.25, 0.3) is 0 Å². The van der Waals surface area contributed by atoms with E-state index in [2.05, 4.69) is 10.00 Å². The summed E-state index contributed by atoms with van der Waals surface area (Å²) in [7, 11) is 1.86. The summed E-state index contributed by atoms with van der Waals surface area (Å²) in [5.74, 6) is 2.40. The second-order valence-corrected chi connectivity index (χ2v) is 6.26. The molecule has 1 aromatic rings. The molecule has 2 atom stereocenters. The first-order chi connectivity index (χ1) is 9.19. The third kappa shape index (κ3) is 2.49. The number of fused-ring (bicyclic) bond motifs is 1. The fourth-order valence-corrected chi connectivity index (χ4v) is 3.77. The van der Waals surface area contributed by atoms with Crippen molar-refractivity contribution in [3.8, 4) is 0 Å². The number of hydrogen-bond donors (Lipinski definition) is 1. The minimum atomic E-state index is -0.0572. The molecule has 1 aliphatic carbocycles. The maximum atomic E-state index is 9.23. The first kappa shape index (κ1) is 13.3. The Morgan fingerprint density at radius 1 is 1.26 bits per heavy atom. The molecule has 1 saturated heterocycles. The molecule has 1 saturated carbocycles. The summed E-state index contributed by atoms with van der Waals surface area (Å²) in [5.41, 5.74) is 0. The van der Waals surface area contributed by atoms with Crippen LogP contribution in [0, 0.1) is 16.6 Å². The lowest BCUT2D eigenvalue weighted by Crippen LogP contribution is -2.25. The predicted molar refractivity (Wildman–Crippen MR) is 75.0 cm³/mol. The number of rotatable bonds is 3. The van der Waals surface area contributed by atoms with Crippen LogP contribution in [0.4, 0.5) is 0 Å². The molecule has 1 N–H and O–H groups in total. The number of aromatic nitrogens is 3. The molecule has 106 valence electrons. The summed E-state index contributed by atoms with van der Waals surface area (Å²) in [6, 6.07) is 0. The molecule has 6 heteroatoms. The minimum Gasteiger partial charge on any atom is -0.388 e. The van der Waals surface area contributed by atoms with E-state index in [0.717, 1.165) is 18.5 Å². The summed E-state index contributed by atoms with van der Waals surface area (Å²) < 4.78 is 4.33. The second kappa shape index (κ2) is 5.34. The topological polar surface area (TPSA) is 46.2 Å². The van der Waals surface area contributed by atoms with Crippen LogP contribution < -0.4 is 0 Å². The molecule has 0 aromatic carbocycles. The maximum Gasteiger partial charge on any atom is 0.198 e. The molecule has 0 radical (unpaired) electrons. The van der Waals surface area contributed by atoms with Crippen LogP contribution in [-0.4, -0.2) is 37.4 Å². The van der Waals surface area contributed by atoms with E-state index in [9.17, 15) is 5.11 Å². The van der Waals surface area contributed by atoms with E-state index in [-0.39, 0.29) is 6.61 Å². The first-order valence-electron chi connectivity index (χ1n) is 7.15. The van der Waals surface area contributed by atoms with Gasteiger partial charge in [-0.1, -0.05) is 12.8 Å². The van der Waals surface area contributed by atoms with Gasteiger partial charge >= 0.3 is 0 Å². The SMILES string of the molecule is Cn1c(CO)nn(CN2CC3CCCCC3C2)c1=S. The highest BCUT2D eigenvalue weighted by atomic mass is 32.1. The van der Waals surface area contributed by atoms with Gasteiger partial charge in [0.15, 0.2) is 10.6 Å². The standard InChI is InChI=1S/C13H22N4OS/c1-15-12(8-18)14-17(13(15)19)9-16-6-10-4-2-3-5-11(10)7-16/h10-11,18H,2-9H2,1H3. The molecule has 1 aliphatic heterocycles. The van der Waals surface area contributed by atoms with E-state index in [1.165, 1.54) is 38.8 Å². The van der Waals surface area contributed by atoms with Crippen molar-refractivity contribution >= 4 is 12.2 Å². The number of nitrogens with zero attached hydrogens (tertiary/aromatic N) is 4. The van der Waals surface area contributed by atoms with Gasteiger partial charge in [-0.25, -0.2) is 4.68 Å². The van der Waals surface area contributed by atoms with Crippen LogP contribution in [0.25, 0.3) is 0 Å². The summed E-state index contributed by atoms with van der Waals surface area (Å²) >= 11 is 5.37. The maximum absolute atomic E-state index is 9.23. The molecular formula is C13H22N4OS. The molecule has 0 spiro atoms. The fourth-order valence-electron chi connectivity index (χ4n) is 3.57. The van der Waals surface area contributed by atoms with Crippen molar-refractivity contribution < 1.29 is 5.11 Å². The van der Waals surface area contributed by atoms with Gasteiger partial charge in [0.2, 0.25) is 0 Å². The number of likely N-dealkylation sites (tertiary alicyclic amines) is 1. The second-order valence-electron chi connectivity index (χ2n) is 5.90. The average Bonchev–Trinajstić information content (AvgIpc) is 2.94. The molecule has 0 amide bonds. The van der Waals surface area contributed by atoms with E-state index in [0.29, 0.717) is 10.6 Å². The number of aliphatic hydroxyl groups is 1. The van der Waals surface area contributed by atoms with Crippen LogP contribution >= 0.6 is 12.2 Å². The monoisotopic (exact) mass is 282 g/mol. The summed E-state index contributed by atoms with van der Waals surface area (Å²) in [6.07, 6.45) is 5.56. The van der Waals surface area contributed by atoms with Gasteiger partial charge < -0.3 is 9.67 Å². The van der Waals surface area contributed by atoms with E-state index < -0.39 is 0 Å². The van der Waals surface area contributed by atoms with Crippen molar-refractivity contribution in [3.05, 3.63) is 10.6 Å². The minimum absolute atomic E-state index is 0.0572. The Bertz CT molecular complexity index is 495. The Morgan fingerprint density at radius 3 is 2.42 bits per heavy atom. The average molecular weight is 282 g/mol. The molecule has 0 bridgehead atoms. The molecule has 2 heterocycles. The van der Waals surface area contributed by atoms with Gasteiger partial charge in [-0.3, -0.25) is 4.90 Å².